The van der Waals surface area contributed by atoms with Crippen LogP contribution >= 0.6 is 11.6 Å². The van der Waals surface area contributed by atoms with Gasteiger partial charge in [-0.1, -0.05) is 23.7 Å². The van der Waals surface area contributed by atoms with Crippen molar-refractivity contribution in [2.45, 2.75) is 19.8 Å². The minimum atomic E-state index is -0.221. The Morgan fingerprint density at radius 1 is 1.25 bits per heavy atom. The predicted molar refractivity (Wildman–Crippen MR) is 63.5 cm³/mol. The minimum Gasteiger partial charge on any atom is -0.355 e. The van der Waals surface area contributed by atoms with Crippen molar-refractivity contribution in [1.82, 2.24) is 5.32 Å². The van der Waals surface area contributed by atoms with Crippen molar-refractivity contribution >= 4 is 23.3 Å². The highest BCUT2D eigenvalue weighted by Gasteiger charge is 2.03. The van der Waals surface area contributed by atoms with E-state index >= 15 is 0 Å². The fourth-order valence-electron chi connectivity index (χ4n) is 1.29. The second kappa shape index (κ2) is 6.28. The topological polar surface area (TPSA) is 46.2 Å². The number of amides is 1. The first-order valence-corrected chi connectivity index (χ1v) is 5.46. The maximum atomic E-state index is 11.1. The highest BCUT2D eigenvalue weighted by Crippen LogP contribution is 2.09. The summed E-state index contributed by atoms with van der Waals surface area (Å²) in [5.74, 6) is -0.342. The molecule has 4 heteroatoms. The zero-order chi connectivity index (χ0) is 12.0. The van der Waals surface area contributed by atoms with Crippen LogP contribution in [0.4, 0.5) is 0 Å². The van der Waals surface area contributed by atoms with Crippen molar-refractivity contribution in [3.63, 3.8) is 0 Å². The molecule has 0 atom stereocenters. The summed E-state index contributed by atoms with van der Waals surface area (Å²) in [5, 5.41) is 3.38. The van der Waals surface area contributed by atoms with Gasteiger partial charge in [0.1, 0.15) is 5.78 Å². The normalized spacial score (nSPS) is 9.88. The Morgan fingerprint density at radius 3 is 2.44 bits per heavy atom. The first-order chi connectivity index (χ1) is 7.58. The van der Waals surface area contributed by atoms with Crippen LogP contribution in [0, 0.1) is 0 Å². The lowest BCUT2D eigenvalue weighted by Crippen LogP contribution is -2.27. The monoisotopic (exact) mass is 239 g/mol. The molecule has 1 amide bonds. The van der Waals surface area contributed by atoms with E-state index in [4.69, 9.17) is 11.6 Å². The number of benzene rings is 1. The number of hydrogen-bond acceptors (Lipinski definition) is 2. The van der Waals surface area contributed by atoms with Gasteiger partial charge in [-0.3, -0.25) is 9.59 Å². The van der Waals surface area contributed by atoms with Crippen LogP contribution in [0.2, 0.25) is 5.02 Å². The number of carbonyl (C=O) groups is 2. The van der Waals surface area contributed by atoms with Crippen molar-refractivity contribution in [2.75, 3.05) is 6.54 Å². The Morgan fingerprint density at radius 2 is 1.88 bits per heavy atom. The summed E-state index contributed by atoms with van der Waals surface area (Å²) in [6.45, 7) is 1.94. The number of rotatable bonds is 5. The van der Waals surface area contributed by atoms with E-state index in [1.54, 1.807) is 0 Å². The molecule has 16 heavy (non-hydrogen) atoms. The van der Waals surface area contributed by atoms with E-state index in [9.17, 15) is 9.59 Å². The van der Waals surface area contributed by atoms with Crippen molar-refractivity contribution in [1.29, 1.82) is 0 Å². The third-order valence-electron chi connectivity index (χ3n) is 2.06. The van der Waals surface area contributed by atoms with Crippen LogP contribution in [0.15, 0.2) is 24.3 Å². The average Bonchev–Trinajstić information content (AvgIpc) is 2.20. The second-order valence-electron chi connectivity index (χ2n) is 3.61. The molecule has 0 heterocycles. The Bertz CT molecular complexity index is 373. The van der Waals surface area contributed by atoms with Crippen LogP contribution in [-0.4, -0.2) is 18.2 Å². The van der Waals surface area contributed by atoms with Crippen molar-refractivity contribution in [3.8, 4) is 0 Å². The molecule has 0 saturated heterocycles. The molecule has 0 radical (unpaired) electrons. The van der Waals surface area contributed by atoms with Crippen molar-refractivity contribution < 1.29 is 9.59 Å². The number of hydrogen-bond donors (Lipinski definition) is 1. The van der Waals surface area contributed by atoms with Gasteiger partial charge in [-0.15, -0.1) is 0 Å². The molecule has 0 unspecified atom stereocenters. The summed E-state index contributed by atoms with van der Waals surface area (Å²) in [6, 6.07) is 7.46. The van der Waals surface area contributed by atoms with E-state index in [1.165, 1.54) is 6.92 Å². The Labute approximate surface area is 99.8 Å². The number of carbonyl (C=O) groups excluding carboxylic acids is 2. The van der Waals surface area contributed by atoms with E-state index < -0.39 is 0 Å². The lowest BCUT2D eigenvalue weighted by atomic mass is 10.1. The van der Waals surface area contributed by atoms with Gasteiger partial charge < -0.3 is 5.32 Å². The average molecular weight is 240 g/mol. The molecule has 0 bridgehead atoms. The van der Waals surface area contributed by atoms with Gasteiger partial charge in [0, 0.05) is 11.6 Å². The summed E-state index contributed by atoms with van der Waals surface area (Å²) < 4.78 is 0. The summed E-state index contributed by atoms with van der Waals surface area (Å²) in [6.07, 6.45) is 0.696. The molecule has 1 N–H and O–H groups in total. The molecule has 3 nitrogen and oxygen atoms in total. The van der Waals surface area contributed by atoms with Gasteiger partial charge >= 0.3 is 0 Å². The summed E-state index contributed by atoms with van der Waals surface area (Å²) in [5.41, 5.74) is 1.10. The molecule has 1 aromatic carbocycles. The molecule has 0 aliphatic heterocycles. The number of nitrogens with one attached hydrogen (secondary N) is 1. The maximum Gasteiger partial charge on any atom is 0.227 e. The molecule has 0 fully saturated rings. The summed E-state index contributed by atoms with van der Waals surface area (Å²) >= 11 is 5.75. The summed E-state index contributed by atoms with van der Waals surface area (Å²) in [4.78, 5) is 21.8. The highest BCUT2D eigenvalue weighted by atomic mass is 35.5. The summed E-state index contributed by atoms with van der Waals surface area (Å²) in [7, 11) is 0. The van der Waals surface area contributed by atoms with Crippen LogP contribution in [0.3, 0.4) is 0 Å². The Hall–Kier alpha value is -1.35. The quantitative estimate of drug-likeness (QED) is 0.799. The maximum absolute atomic E-state index is 11.1. The smallest absolute Gasteiger partial charge is 0.227 e. The van der Waals surface area contributed by atoms with E-state index in [1.807, 2.05) is 24.3 Å². The number of ketones is 1. The Kier molecular flexibility index (Phi) is 4.99. The van der Waals surface area contributed by atoms with E-state index in [0.717, 1.165) is 12.0 Å². The van der Waals surface area contributed by atoms with Crippen LogP contribution in [0.25, 0.3) is 0 Å². The van der Waals surface area contributed by atoms with Crippen molar-refractivity contribution in [2.24, 2.45) is 0 Å². The molecule has 0 aromatic heterocycles. The molecule has 0 spiro atoms. The second-order valence-corrected chi connectivity index (χ2v) is 4.04. The third kappa shape index (κ3) is 4.94. The van der Waals surface area contributed by atoms with Crippen LogP contribution in [0.1, 0.15) is 18.9 Å². The molecular weight excluding hydrogens is 226 g/mol. The van der Waals surface area contributed by atoms with E-state index in [-0.39, 0.29) is 18.1 Å². The van der Waals surface area contributed by atoms with Gasteiger partial charge in [-0.2, -0.15) is 0 Å². The first-order valence-electron chi connectivity index (χ1n) is 5.08. The van der Waals surface area contributed by atoms with Gasteiger partial charge in [0.2, 0.25) is 5.91 Å². The van der Waals surface area contributed by atoms with Gasteiger partial charge in [0.15, 0.2) is 0 Å². The van der Waals surface area contributed by atoms with Gasteiger partial charge in [-0.05, 0) is 31.0 Å². The molecule has 86 valence electrons. The van der Waals surface area contributed by atoms with Gasteiger partial charge in [0.05, 0.1) is 6.42 Å². The fourth-order valence-corrected chi connectivity index (χ4v) is 1.41. The lowest BCUT2D eigenvalue weighted by Gasteiger charge is -2.04. The molecule has 0 aliphatic rings. The van der Waals surface area contributed by atoms with Crippen LogP contribution < -0.4 is 5.32 Å². The van der Waals surface area contributed by atoms with Gasteiger partial charge in [-0.25, -0.2) is 0 Å². The minimum absolute atomic E-state index is 0.0411. The Balaban J connectivity index is 2.28. The SMILES string of the molecule is CC(=O)CC(=O)NCCc1ccc(Cl)cc1. The molecule has 1 aromatic rings. The highest BCUT2D eigenvalue weighted by molar-refractivity contribution is 6.30. The first kappa shape index (κ1) is 12.7. The standard InChI is InChI=1S/C12H14ClNO2/c1-9(15)8-12(16)14-7-6-10-2-4-11(13)5-3-10/h2-5H,6-8H2,1H3,(H,14,16). The largest absolute Gasteiger partial charge is 0.355 e. The molecule has 0 saturated carbocycles. The molecule has 0 aliphatic carbocycles. The number of halogens is 1. The molecule has 1 rings (SSSR count). The third-order valence-corrected chi connectivity index (χ3v) is 2.31. The lowest BCUT2D eigenvalue weighted by molar-refractivity contribution is -0.127. The number of Topliss-reactive ketones (excluding diaryl/α,β-unsaturated/α-hetero) is 1. The fraction of sp³-hybridized carbons (Fsp3) is 0.333. The van der Waals surface area contributed by atoms with Crippen molar-refractivity contribution in [3.05, 3.63) is 34.9 Å². The van der Waals surface area contributed by atoms with Crippen LogP contribution in [0.5, 0.6) is 0 Å². The molecular formula is C12H14ClNO2. The zero-order valence-electron chi connectivity index (χ0n) is 9.13. The van der Waals surface area contributed by atoms with E-state index in [2.05, 4.69) is 5.32 Å². The zero-order valence-corrected chi connectivity index (χ0v) is 9.88. The van der Waals surface area contributed by atoms with E-state index in [0.29, 0.717) is 11.6 Å². The predicted octanol–water partition coefficient (Wildman–Crippen LogP) is 1.98. The van der Waals surface area contributed by atoms with Crippen LogP contribution in [-0.2, 0) is 16.0 Å². The van der Waals surface area contributed by atoms with Gasteiger partial charge in [0.25, 0.3) is 0 Å².